The highest BCUT2D eigenvalue weighted by molar-refractivity contribution is 5.89. The van der Waals surface area contributed by atoms with Gasteiger partial charge in [-0.2, -0.15) is 0 Å². The molecular formula is C19H26N6O. The minimum Gasteiger partial charge on any atom is -0.369 e. The van der Waals surface area contributed by atoms with Crippen molar-refractivity contribution in [2.24, 2.45) is 0 Å². The third kappa shape index (κ3) is 4.22. The molecule has 3 rings (SSSR count). The molecule has 0 radical (unpaired) electrons. The Labute approximate surface area is 154 Å². The van der Waals surface area contributed by atoms with Crippen LogP contribution in [0.4, 0.5) is 22.1 Å². The lowest BCUT2D eigenvalue weighted by Gasteiger charge is -2.35. The summed E-state index contributed by atoms with van der Waals surface area (Å²) < 4.78 is 0. The molecule has 2 N–H and O–H groups in total. The maximum Gasteiger partial charge on any atom is 0.321 e. The van der Waals surface area contributed by atoms with Crippen LogP contribution in [0.2, 0.25) is 0 Å². The van der Waals surface area contributed by atoms with E-state index in [9.17, 15) is 4.79 Å². The molecule has 138 valence electrons. The normalized spacial score (nSPS) is 14.3. The molecule has 0 unspecified atom stereocenters. The van der Waals surface area contributed by atoms with Crippen molar-refractivity contribution in [1.82, 2.24) is 15.1 Å². The smallest absolute Gasteiger partial charge is 0.321 e. The second-order valence-electron chi connectivity index (χ2n) is 6.51. The number of carbonyl (C=O) groups is 1. The number of amides is 2. The molecule has 0 atom stereocenters. The summed E-state index contributed by atoms with van der Waals surface area (Å²) in [6.07, 6.45) is 0. The molecule has 0 saturated carbocycles. The number of piperazine rings is 1. The van der Waals surface area contributed by atoms with Crippen LogP contribution in [-0.2, 0) is 0 Å². The number of hydrogen-bond donors (Lipinski definition) is 2. The summed E-state index contributed by atoms with van der Waals surface area (Å²) in [5.41, 5.74) is 3.23. The largest absolute Gasteiger partial charge is 0.369 e. The van der Waals surface area contributed by atoms with E-state index in [0.717, 1.165) is 37.0 Å². The lowest BCUT2D eigenvalue weighted by Crippen LogP contribution is -2.50. The molecule has 1 saturated heterocycles. The molecule has 1 aromatic carbocycles. The van der Waals surface area contributed by atoms with Crippen molar-refractivity contribution in [2.45, 2.75) is 20.8 Å². The molecule has 1 aliphatic heterocycles. The molecule has 7 heteroatoms. The number of anilines is 3. The van der Waals surface area contributed by atoms with E-state index in [4.69, 9.17) is 0 Å². The van der Waals surface area contributed by atoms with E-state index in [1.54, 1.807) is 0 Å². The summed E-state index contributed by atoms with van der Waals surface area (Å²) in [5.74, 6) is 1.63. The predicted molar refractivity (Wildman–Crippen MR) is 105 cm³/mol. The molecule has 2 heterocycles. The highest BCUT2D eigenvalue weighted by Crippen LogP contribution is 2.17. The van der Waals surface area contributed by atoms with E-state index in [-0.39, 0.29) is 6.03 Å². The summed E-state index contributed by atoms with van der Waals surface area (Å²) >= 11 is 0. The van der Waals surface area contributed by atoms with Gasteiger partial charge in [-0.15, -0.1) is 10.2 Å². The van der Waals surface area contributed by atoms with Crippen molar-refractivity contribution in [3.05, 3.63) is 41.5 Å². The average molecular weight is 354 g/mol. The number of benzene rings is 1. The summed E-state index contributed by atoms with van der Waals surface area (Å²) in [6.45, 7) is 9.77. The van der Waals surface area contributed by atoms with E-state index < -0.39 is 0 Å². The number of aryl methyl sites for hydroxylation is 2. The lowest BCUT2D eigenvalue weighted by molar-refractivity contribution is 0.208. The van der Waals surface area contributed by atoms with Gasteiger partial charge in [-0.25, -0.2) is 4.79 Å². The topological polar surface area (TPSA) is 73.4 Å². The van der Waals surface area contributed by atoms with E-state index in [1.807, 2.05) is 49.1 Å². The lowest BCUT2D eigenvalue weighted by atomic mass is 10.1. The van der Waals surface area contributed by atoms with Crippen molar-refractivity contribution in [3.8, 4) is 0 Å². The predicted octanol–water partition coefficient (Wildman–Crippen LogP) is 2.88. The van der Waals surface area contributed by atoms with Crippen LogP contribution in [0.1, 0.15) is 18.1 Å². The second kappa shape index (κ2) is 8.03. The van der Waals surface area contributed by atoms with Gasteiger partial charge in [0, 0.05) is 38.4 Å². The van der Waals surface area contributed by atoms with Crippen LogP contribution >= 0.6 is 0 Å². The van der Waals surface area contributed by atoms with Crippen molar-refractivity contribution >= 4 is 23.4 Å². The van der Waals surface area contributed by atoms with Gasteiger partial charge in [0.05, 0.1) is 0 Å². The molecule has 2 aromatic rings. The fourth-order valence-corrected chi connectivity index (χ4v) is 2.93. The molecule has 2 amide bonds. The van der Waals surface area contributed by atoms with Crippen molar-refractivity contribution < 1.29 is 4.79 Å². The number of rotatable bonds is 4. The number of aromatic nitrogens is 2. The molecule has 0 aliphatic carbocycles. The van der Waals surface area contributed by atoms with Gasteiger partial charge in [0.25, 0.3) is 0 Å². The van der Waals surface area contributed by atoms with Crippen LogP contribution in [0, 0.1) is 13.8 Å². The molecular weight excluding hydrogens is 328 g/mol. The Morgan fingerprint density at radius 1 is 1.04 bits per heavy atom. The zero-order chi connectivity index (χ0) is 18.5. The van der Waals surface area contributed by atoms with Gasteiger partial charge in [0.1, 0.15) is 5.82 Å². The van der Waals surface area contributed by atoms with Crippen molar-refractivity contribution in [1.29, 1.82) is 0 Å². The first kappa shape index (κ1) is 18.0. The standard InChI is InChI=1S/C19H26N6O/c1-4-20-17-7-8-18(23-22-17)24-9-11-25(12-10-24)19(26)21-16-6-5-14(2)15(3)13-16/h5-8,13H,4,9-12H2,1-3H3,(H,20,22)(H,21,26). The Morgan fingerprint density at radius 2 is 1.81 bits per heavy atom. The monoisotopic (exact) mass is 354 g/mol. The minimum absolute atomic E-state index is 0.0542. The van der Waals surface area contributed by atoms with Gasteiger partial charge in [-0.05, 0) is 56.2 Å². The molecule has 7 nitrogen and oxygen atoms in total. The van der Waals surface area contributed by atoms with Crippen LogP contribution in [-0.4, -0.2) is 53.9 Å². The fourth-order valence-electron chi connectivity index (χ4n) is 2.93. The van der Waals surface area contributed by atoms with Crippen LogP contribution in [0.25, 0.3) is 0 Å². The van der Waals surface area contributed by atoms with Crippen LogP contribution < -0.4 is 15.5 Å². The summed E-state index contributed by atoms with van der Waals surface area (Å²) in [6, 6.07) is 9.82. The summed E-state index contributed by atoms with van der Waals surface area (Å²) in [4.78, 5) is 16.5. The quantitative estimate of drug-likeness (QED) is 0.883. The van der Waals surface area contributed by atoms with E-state index in [0.29, 0.717) is 13.1 Å². The van der Waals surface area contributed by atoms with E-state index >= 15 is 0 Å². The Balaban J connectivity index is 1.54. The number of urea groups is 1. The highest BCUT2D eigenvalue weighted by atomic mass is 16.2. The molecule has 1 aliphatic rings. The Hall–Kier alpha value is -2.83. The third-order valence-corrected chi connectivity index (χ3v) is 4.66. The second-order valence-corrected chi connectivity index (χ2v) is 6.51. The summed E-state index contributed by atoms with van der Waals surface area (Å²) in [7, 11) is 0. The van der Waals surface area contributed by atoms with Gasteiger partial charge in [0.15, 0.2) is 5.82 Å². The SMILES string of the molecule is CCNc1ccc(N2CCN(C(=O)Nc3ccc(C)c(C)c3)CC2)nn1. The summed E-state index contributed by atoms with van der Waals surface area (Å²) in [5, 5.41) is 14.6. The van der Waals surface area contributed by atoms with Crippen LogP contribution in [0.5, 0.6) is 0 Å². The molecule has 0 spiro atoms. The zero-order valence-corrected chi connectivity index (χ0v) is 15.6. The van der Waals surface area contributed by atoms with Gasteiger partial charge >= 0.3 is 6.03 Å². The zero-order valence-electron chi connectivity index (χ0n) is 15.6. The number of hydrogen-bond acceptors (Lipinski definition) is 5. The first-order valence-electron chi connectivity index (χ1n) is 9.02. The number of nitrogens with one attached hydrogen (secondary N) is 2. The highest BCUT2D eigenvalue weighted by Gasteiger charge is 2.22. The minimum atomic E-state index is -0.0542. The molecule has 1 aromatic heterocycles. The van der Waals surface area contributed by atoms with Gasteiger partial charge in [-0.3, -0.25) is 0 Å². The molecule has 0 bridgehead atoms. The maximum absolute atomic E-state index is 12.5. The Kier molecular flexibility index (Phi) is 5.55. The van der Waals surface area contributed by atoms with E-state index in [2.05, 4.69) is 32.7 Å². The van der Waals surface area contributed by atoms with Crippen LogP contribution in [0.3, 0.4) is 0 Å². The first-order chi connectivity index (χ1) is 12.6. The number of nitrogens with zero attached hydrogens (tertiary/aromatic N) is 4. The fraction of sp³-hybridized carbons (Fsp3) is 0.421. The Bertz CT molecular complexity index is 753. The van der Waals surface area contributed by atoms with Crippen molar-refractivity contribution in [2.75, 3.05) is 48.3 Å². The Morgan fingerprint density at radius 3 is 2.42 bits per heavy atom. The average Bonchev–Trinajstić information content (AvgIpc) is 2.66. The van der Waals surface area contributed by atoms with Gasteiger partial charge in [0.2, 0.25) is 0 Å². The van der Waals surface area contributed by atoms with Crippen LogP contribution in [0.15, 0.2) is 30.3 Å². The third-order valence-electron chi connectivity index (χ3n) is 4.66. The maximum atomic E-state index is 12.5. The van der Waals surface area contributed by atoms with E-state index in [1.165, 1.54) is 11.1 Å². The number of carbonyl (C=O) groups excluding carboxylic acids is 1. The molecule has 1 fully saturated rings. The van der Waals surface area contributed by atoms with Gasteiger partial charge in [-0.1, -0.05) is 6.07 Å². The first-order valence-corrected chi connectivity index (χ1v) is 9.02. The van der Waals surface area contributed by atoms with Crippen molar-refractivity contribution in [3.63, 3.8) is 0 Å². The molecule has 26 heavy (non-hydrogen) atoms. The van der Waals surface area contributed by atoms with Gasteiger partial charge < -0.3 is 20.4 Å².